The molecule has 0 amide bonds. The van der Waals surface area contributed by atoms with Gasteiger partial charge < -0.3 is 0 Å². The minimum Gasteiger partial charge on any atom is -0.288 e. The van der Waals surface area contributed by atoms with E-state index >= 15 is 0 Å². The highest BCUT2D eigenvalue weighted by molar-refractivity contribution is 7.80. The highest BCUT2D eigenvalue weighted by Crippen LogP contribution is 2.13. The molecular weight excluding hydrogens is 311 g/mol. The van der Waals surface area contributed by atoms with Crippen molar-refractivity contribution in [3.63, 3.8) is 0 Å². The van der Waals surface area contributed by atoms with Crippen molar-refractivity contribution in [2.24, 2.45) is 0 Å². The fourth-order valence-electron chi connectivity index (χ4n) is 2.63. The van der Waals surface area contributed by atoms with Crippen LogP contribution in [0.15, 0.2) is 0 Å². The molecule has 0 aromatic heterocycles. The molecule has 0 N–H and O–H groups in total. The number of hydrogen-bond acceptors (Lipinski definition) is 2. The Bertz CT molecular complexity index is 262. The van der Waals surface area contributed by atoms with Gasteiger partial charge in [-0.15, -0.1) is 0 Å². The predicted molar refractivity (Wildman–Crippen MR) is 99.6 cm³/mol. The first-order chi connectivity index (χ1) is 11.2. The van der Waals surface area contributed by atoms with Crippen LogP contribution in [0.25, 0.3) is 0 Å². The summed E-state index contributed by atoms with van der Waals surface area (Å²) in [6.07, 6.45) is 17.2. The fourth-order valence-corrected chi connectivity index (χ4v) is 3.42. The monoisotopic (exact) mass is 350 g/mol. The molecule has 0 aromatic carbocycles. The van der Waals surface area contributed by atoms with Gasteiger partial charge in [-0.05, 0) is 19.3 Å². The standard InChI is InChI=1S/C19H39FO2S/c1-3-5-7-8-9-10-11-12-13-14-16-18-22-23(21)19(20)17-15-6-4-2/h19H,3-18H2,1-2H3. The minimum atomic E-state index is -1.75. The van der Waals surface area contributed by atoms with Crippen LogP contribution in [0.5, 0.6) is 0 Å². The summed E-state index contributed by atoms with van der Waals surface area (Å²) in [7, 11) is 0. The van der Waals surface area contributed by atoms with Crippen molar-refractivity contribution in [2.75, 3.05) is 6.61 Å². The molecule has 0 aliphatic rings. The van der Waals surface area contributed by atoms with E-state index in [1.165, 1.54) is 57.8 Å². The minimum absolute atomic E-state index is 0.360. The zero-order valence-electron chi connectivity index (χ0n) is 15.5. The first-order valence-electron chi connectivity index (χ1n) is 9.90. The largest absolute Gasteiger partial charge is 0.288 e. The third-order valence-electron chi connectivity index (χ3n) is 4.19. The second-order valence-electron chi connectivity index (χ2n) is 6.52. The molecule has 0 aromatic rings. The van der Waals surface area contributed by atoms with E-state index in [-0.39, 0.29) is 0 Å². The summed E-state index contributed by atoms with van der Waals surface area (Å²) < 4.78 is 30.2. The SMILES string of the molecule is CCCCCCCCCCCCCOS(=O)C(F)CCCCC. The number of hydrogen-bond donors (Lipinski definition) is 0. The molecule has 0 saturated heterocycles. The summed E-state index contributed by atoms with van der Waals surface area (Å²) in [4.78, 5) is 0. The second kappa shape index (κ2) is 18.4. The smallest absolute Gasteiger partial charge is 0.200 e. The van der Waals surface area contributed by atoms with E-state index in [1.807, 2.05) is 0 Å². The number of alkyl halides is 1. The van der Waals surface area contributed by atoms with Crippen molar-refractivity contribution < 1.29 is 12.8 Å². The van der Waals surface area contributed by atoms with Crippen LogP contribution in [-0.2, 0) is 15.3 Å². The van der Waals surface area contributed by atoms with Crippen LogP contribution in [0.1, 0.15) is 110 Å². The maximum atomic E-state index is 13.5. The van der Waals surface area contributed by atoms with Gasteiger partial charge in [0.2, 0.25) is 0 Å². The van der Waals surface area contributed by atoms with Crippen molar-refractivity contribution in [3.8, 4) is 0 Å². The van der Waals surface area contributed by atoms with Gasteiger partial charge in [-0.3, -0.25) is 4.18 Å². The van der Waals surface area contributed by atoms with E-state index in [2.05, 4.69) is 13.8 Å². The van der Waals surface area contributed by atoms with Crippen molar-refractivity contribution in [2.45, 2.75) is 116 Å². The third kappa shape index (κ3) is 16.7. The molecule has 2 atom stereocenters. The van der Waals surface area contributed by atoms with E-state index < -0.39 is 16.6 Å². The Morgan fingerprint density at radius 1 is 0.739 bits per heavy atom. The topological polar surface area (TPSA) is 26.3 Å². The molecule has 2 unspecified atom stereocenters. The van der Waals surface area contributed by atoms with Gasteiger partial charge >= 0.3 is 0 Å². The second-order valence-corrected chi connectivity index (χ2v) is 7.79. The number of halogens is 1. The average Bonchev–Trinajstić information content (AvgIpc) is 2.55. The summed E-state index contributed by atoms with van der Waals surface area (Å²) in [5.74, 6) is 0. The molecule has 0 aliphatic heterocycles. The summed E-state index contributed by atoms with van der Waals surface area (Å²) in [6.45, 7) is 4.75. The Balaban J connectivity index is 3.24. The van der Waals surface area contributed by atoms with E-state index in [0.717, 1.165) is 32.1 Å². The molecule has 0 saturated carbocycles. The summed E-state index contributed by atoms with van der Waals surface area (Å²) in [5.41, 5.74) is -1.31. The van der Waals surface area contributed by atoms with Gasteiger partial charge in [0.1, 0.15) is 0 Å². The lowest BCUT2D eigenvalue weighted by Crippen LogP contribution is -2.12. The van der Waals surface area contributed by atoms with Gasteiger partial charge in [0, 0.05) is 0 Å². The Morgan fingerprint density at radius 3 is 1.70 bits per heavy atom. The molecule has 0 heterocycles. The highest BCUT2D eigenvalue weighted by atomic mass is 32.2. The molecule has 0 spiro atoms. The van der Waals surface area contributed by atoms with Crippen molar-refractivity contribution in [1.29, 1.82) is 0 Å². The van der Waals surface area contributed by atoms with Crippen LogP contribution >= 0.6 is 0 Å². The zero-order valence-corrected chi connectivity index (χ0v) is 16.3. The van der Waals surface area contributed by atoms with Crippen LogP contribution in [-0.4, -0.2) is 16.3 Å². The molecule has 0 fully saturated rings. The number of rotatable bonds is 18. The van der Waals surface area contributed by atoms with Crippen LogP contribution in [0, 0.1) is 0 Å². The van der Waals surface area contributed by atoms with Crippen LogP contribution in [0.4, 0.5) is 4.39 Å². The van der Waals surface area contributed by atoms with Gasteiger partial charge in [-0.2, -0.15) is 0 Å². The van der Waals surface area contributed by atoms with Gasteiger partial charge in [-0.25, -0.2) is 8.60 Å². The third-order valence-corrected chi connectivity index (χ3v) is 5.24. The first-order valence-corrected chi connectivity index (χ1v) is 11.0. The maximum Gasteiger partial charge on any atom is 0.200 e. The van der Waals surface area contributed by atoms with Gasteiger partial charge in [0.05, 0.1) is 6.61 Å². The molecule has 0 aliphatic carbocycles. The average molecular weight is 351 g/mol. The van der Waals surface area contributed by atoms with Crippen LogP contribution in [0.3, 0.4) is 0 Å². The summed E-state index contributed by atoms with van der Waals surface area (Å²) in [6, 6.07) is 0. The normalized spacial score (nSPS) is 14.0. The molecular formula is C19H39FO2S. The summed E-state index contributed by atoms with van der Waals surface area (Å²) in [5, 5.41) is 0. The van der Waals surface area contributed by atoms with Crippen molar-refractivity contribution in [1.82, 2.24) is 0 Å². The van der Waals surface area contributed by atoms with E-state index in [4.69, 9.17) is 4.18 Å². The predicted octanol–water partition coefficient (Wildman–Crippen LogP) is 6.85. The highest BCUT2D eigenvalue weighted by Gasteiger charge is 2.15. The Kier molecular flexibility index (Phi) is 18.4. The lowest BCUT2D eigenvalue weighted by molar-refractivity contribution is 0.299. The Labute approximate surface area is 146 Å². The molecule has 140 valence electrons. The van der Waals surface area contributed by atoms with Crippen LogP contribution < -0.4 is 0 Å². The van der Waals surface area contributed by atoms with Gasteiger partial charge in [0.25, 0.3) is 0 Å². The van der Waals surface area contributed by atoms with E-state index in [0.29, 0.717) is 13.0 Å². The van der Waals surface area contributed by atoms with Crippen LogP contribution in [0.2, 0.25) is 0 Å². The number of unbranched alkanes of at least 4 members (excludes halogenated alkanes) is 12. The lowest BCUT2D eigenvalue weighted by Gasteiger charge is -2.08. The van der Waals surface area contributed by atoms with E-state index in [1.54, 1.807) is 0 Å². The van der Waals surface area contributed by atoms with Gasteiger partial charge in [-0.1, -0.05) is 90.9 Å². The molecule has 0 radical (unpaired) electrons. The fraction of sp³-hybridized carbons (Fsp3) is 1.00. The lowest BCUT2D eigenvalue weighted by atomic mass is 10.1. The van der Waals surface area contributed by atoms with Gasteiger partial charge in [0.15, 0.2) is 16.6 Å². The quantitative estimate of drug-likeness (QED) is 0.253. The summed E-state index contributed by atoms with van der Waals surface area (Å²) >= 11 is -1.75. The molecule has 2 nitrogen and oxygen atoms in total. The van der Waals surface area contributed by atoms with E-state index in [9.17, 15) is 8.60 Å². The first kappa shape index (κ1) is 23.0. The molecule has 0 bridgehead atoms. The van der Waals surface area contributed by atoms with Crippen molar-refractivity contribution in [3.05, 3.63) is 0 Å². The molecule has 0 rings (SSSR count). The molecule has 4 heteroatoms. The Morgan fingerprint density at radius 2 is 1.17 bits per heavy atom. The molecule has 23 heavy (non-hydrogen) atoms. The van der Waals surface area contributed by atoms with Crippen molar-refractivity contribution >= 4 is 11.1 Å². The maximum absolute atomic E-state index is 13.5. The Hall–Kier alpha value is 0.0400. The zero-order chi connectivity index (χ0) is 17.2.